The highest BCUT2D eigenvalue weighted by Gasteiger charge is 2.39. The van der Waals surface area contributed by atoms with Crippen LogP contribution >= 0.6 is 0 Å². The highest BCUT2D eigenvalue weighted by atomic mass is 16.2. The molecule has 0 aromatic heterocycles. The summed E-state index contributed by atoms with van der Waals surface area (Å²) in [6.07, 6.45) is 2.30. The van der Waals surface area contributed by atoms with Crippen molar-refractivity contribution in [3.8, 4) is 0 Å². The first-order valence-corrected chi connectivity index (χ1v) is 9.10. The number of hydrogen-bond acceptors (Lipinski definition) is 5. The highest BCUT2D eigenvalue weighted by Crippen LogP contribution is 2.35. The fraction of sp³-hybridized carbons (Fsp3) is 0.526. The van der Waals surface area contributed by atoms with E-state index in [9.17, 15) is 14.4 Å². The molecule has 0 radical (unpaired) electrons. The lowest BCUT2D eigenvalue weighted by molar-refractivity contribution is -0.137. The second kappa shape index (κ2) is 6.59. The average molecular weight is 341 g/mol. The van der Waals surface area contributed by atoms with Crippen molar-refractivity contribution < 1.29 is 14.4 Å². The van der Waals surface area contributed by atoms with E-state index >= 15 is 0 Å². The van der Waals surface area contributed by atoms with Crippen LogP contribution in [0.4, 0.5) is 5.69 Å². The van der Waals surface area contributed by atoms with E-state index < -0.39 is 0 Å². The number of carbonyl (C=O) groups excluding carboxylic acids is 3. The van der Waals surface area contributed by atoms with Crippen molar-refractivity contribution in [3.05, 3.63) is 29.3 Å². The molecule has 1 aromatic carbocycles. The number of piperazine rings is 1. The average Bonchev–Trinajstić information content (AvgIpc) is 2.63. The van der Waals surface area contributed by atoms with Gasteiger partial charge < -0.3 is 10.2 Å². The Bertz CT molecular complexity index is 725. The molecule has 25 heavy (non-hydrogen) atoms. The van der Waals surface area contributed by atoms with E-state index in [-0.39, 0.29) is 29.4 Å². The normalized spacial score (nSPS) is 27.0. The molecule has 3 aliphatic rings. The first-order valence-electron chi connectivity index (χ1n) is 9.10. The number of ketones is 1. The first-order chi connectivity index (χ1) is 12.1. The maximum absolute atomic E-state index is 12.9. The third-order valence-electron chi connectivity index (χ3n) is 5.67. The summed E-state index contributed by atoms with van der Waals surface area (Å²) in [6, 6.07) is 6.08. The van der Waals surface area contributed by atoms with Crippen LogP contribution in [0.15, 0.2) is 18.2 Å². The zero-order valence-corrected chi connectivity index (χ0v) is 14.2. The van der Waals surface area contributed by atoms with Crippen molar-refractivity contribution in [2.45, 2.75) is 25.7 Å². The second-order valence-corrected chi connectivity index (χ2v) is 7.15. The Kier molecular flexibility index (Phi) is 4.29. The summed E-state index contributed by atoms with van der Waals surface area (Å²) in [5.41, 5.74) is 3.01. The van der Waals surface area contributed by atoms with E-state index in [1.807, 2.05) is 12.1 Å². The van der Waals surface area contributed by atoms with Crippen molar-refractivity contribution in [1.82, 2.24) is 10.6 Å². The molecule has 2 amide bonds. The fourth-order valence-electron chi connectivity index (χ4n) is 4.27. The van der Waals surface area contributed by atoms with Crippen LogP contribution in [0.25, 0.3) is 0 Å². The molecule has 2 N–H and O–H groups in total. The van der Waals surface area contributed by atoms with Gasteiger partial charge in [0.05, 0.1) is 0 Å². The molecular weight excluding hydrogens is 318 g/mol. The molecule has 2 aliphatic heterocycles. The minimum atomic E-state index is -0.369. The molecule has 0 saturated carbocycles. The van der Waals surface area contributed by atoms with Crippen molar-refractivity contribution in [3.63, 3.8) is 0 Å². The van der Waals surface area contributed by atoms with E-state index in [4.69, 9.17) is 0 Å². The quantitative estimate of drug-likeness (QED) is 0.781. The topological polar surface area (TPSA) is 78.5 Å². The van der Waals surface area contributed by atoms with Gasteiger partial charge in [0.1, 0.15) is 0 Å². The number of fused-ring (bicyclic) bond motifs is 1. The van der Waals surface area contributed by atoms with Gasteiger partial charge in [-0.05, 0) is 43.0 Å². The predicted octanol–water partition coefficient (Wildman–Crippen LogP) is 0.894. The molecule has 132 valence electrons. The van der Waals surface area contributed by atoms with E-state index in [1.54, 1.807) is 0 Å². The summed E-state index contributed by atoms with van der Waals surface area (Å²) < 4.78 is 0. The van der Waals surface area contributed by atoms with Crippen LogP contribution in [-0.4, -0.2) is 43.8 Å². The Morgan fingerprint density at radius 3 is 2.48 bits per heavy atom. The standard InChI is InChI=1S/C19H23N3O3/c23-17-6-5-16(19(25)21-17)15-3-1-12-11-13(2-4-14(12)18(15)24)22-9-7-20-8-10-22/h2,4,11,15-16,20H,1,3,5-10H2,(H,21,23,25)/t15?,16-/m1/s1. The minimum absolute atomic E-state index is 0.0580. The van der Waals surface area contributed by atoms with Crippen LogP contribution in [0.1, 0.15) is 35.2 Å². The summed E-state index contributed by atoms with van der Waals surface area (Å²) in [4.78, 5) is 38.8. The van der Waals surface area contributed by atoms with Crippen molar-refractivity contribution >= 4 is 23.3 Å². The van der Waals surface area contributed by atoms with Gasteiger partial charge in [0.2, 0.25) is 11.8 Å². The number of amides is 2. The summed E-state index contributed by atoms with van der Waals surface area (Å²) >= 11 is 0. The SMILES string of the molecule is O=C1CC[C@H](C2CCc3cc(N4CCNCC4)ccc3C2=O)C(=O)N1. The van der Waals surface area contributed by atoms with Crippen LogP contribution in [0.3, 0.4) is 0 Å². The Labute approximate surface area is 147 Å². The van der Waals surface area contributed by atoms with Gasteiger partial charge in [0.15, 0.2) is 5.78 Å². The lowest BCUT2D eigenvalue weighted by Crippen LogP contribution is -2.46. The van der Waals surface area contributed by atoms with Gasteiger partial charge in [-0.1, -0.05) is 0 Å². The fourth-order valence-corrected chi connectivity index (χ4v) is 4.27. The van der Waals surface area contributed by atoms with Crippen molar-refractivity contribution in [2.24, 2.45) is 11.8 Å². The van der Waals surface area contributed by atoms with Gasteiger partial charge in [0.25, 0.3) is 0 Å². The van der Waals surface area contributed by atoms with Crippen LogP contribution in [0, 0.1) is 11.8 Å². The van der Waals surface area contributed by atoms with Gasteiger partial charge >= 0.3 is 0 Å². The number of imide groups is 1. The van der Waals surface area contributed by atoms with E-state index in [2.05, 4.69) is 21.6 Å². The number of aryl methyl sites for hydroxylation is 1. The van der Waals surface area contributed by atoms with Crippen molar-refractivity contribution in [1.29, 1.82) is 0 Å². The van der Waals surface area contributed by atoms with Crippen LogP contribution in [0.2, 0.25) is 0 Å². The second-order valence-electron chi connectivity index (χ2n) is 7.15. The molecule has 2 fully saturated rings. The number of nitrogens with zero attached hydrogens (tertiary/aromatic N) is 1. The zero-order valence-electron chi connectivity index (χ0n) is 14.2. The van der Waals surface area contributed by atoms with Crippen molar-refractivity contribution in [2.75, 3.05) is 31.1 Å². The minimum Gasteiger partial charge on any atom is -0.369 e. The van der Waals surface area contributed by atoms with E-state index in [0.29, 0.717) is 19.3 Å². The summed E-state index contributed by atoms with van der Waals surface area (Å²) in [6.45, 7) is 3.92. The Morgan fingerprint density at radius 1 is 0.960 bits per heavy atom. The molecular formula is C19H23N3O3. The van der Waals surface area contributed by atoms with Crippen LogP contribution in [0.5, 0.6) is 0 Å². The number of Topliss-reactive ketones (excluding diaryl/α,β-unsaturated/α-hetero) is 1. The van der Waals surface area contributed by atoms with E-state index in [1.165, 1.54) is 5.69 Å². The van der Waals surface area contributed by atoms with Gasteiger partial charge in [-0.25, -0.2) is 0 Å². The molecule has 4 rings (SSSR count). The van der Waals surface area contributed by atoms with Crippen LogP contribution in [-0.2, 0) is 16.0 Å². The Hall–Kier alpha value is -2.21. The summed E-state index contributed by atoms with van der Waals surface area (Å²) in [7, 11) is 0. The molecule has 6 heteroatoms. The zero-order chi connectivity index (χ0) is 17.4. The molecule has 1 aliphatic carbocycles. The number of nitrogens with one attached hydrogen (secondary N) is 2. The predicted molar refractivity (Wildman–Crippen MR) is 93.5 cm³/mol. The molecule has 2 saturated heterocycles. The molecule has 1 unspecified atom stereocenters. The maximum Gasteiger partial charge on any atom is 0.230 e. The highest BCUT2D eigenvalue weighted by molar-refractivity contribution is 6.05. The lowest BCUT2D eigenvalue weighted by atomic mass is 9.73. The van der Waals surface area contributed by atoms with Gasteiger partial charge in [-0.2, -0.15) is 0 Å². The molecule has 1 aromatic rings. The van der Waals surface area contributed by atoms with Gasteiger partial charge in [0, 0.05) is 55.7 Å². The monoisotopic (exact) mass is 341 g/mol. The summed E-state index contributed by atoms with van der Waals surface area (Å²) in [5, 5.41) is 5.73. The Morgan fingerprint density at radius 2 is 1.72 bits per heavy atom. The summed E-state index contributed by atoms with van der Waals surface area (Å²) in [5.74, 6) is -1.12. The van der Waals surface area contributed by atoms with Gasteiger partial charge in [-0.3, -0.25) is 19.7 Å². The maximum atomic E-state index is 12.9. The number of piperidine rings is 1. The molecule has 0 bridgehead atoms. The number of benzene rings is 1. The van der Waals surface area contributed by atoms with Crippen LogP contribution < -0.4 is 15.5 Å². The smallest absolute Gasteiger partial charge is 0.230 e. The third-order valence-corrected chi connectivity index (χ3v) is 5.67. The Balaban J connectivity index is 1.54. The lowest BCUT2D eigenvalue weighted by Gasteiger charge is -2.33. The number of anilines is 1. The van der Waals surface area contributed by atoms with E-state index in [0.717, 1.165) is 43.7 Å². The largest absolute Gasteiger partial charge is 0.369 e. The molecule has 2 heterocycles. The van der Waals surface area contributed by atoms with Gasteiger partial charge in [-0.15, -0.1) is 0 Å². The third kappa shape index (κ3) is 3.06. The first kappa shape index (κ1) is 16.3. The number of hydrogen-bond donors (Lipinski definition) is 2. The molecule has 2 atom stereocenters. The number of rotatable bonds is 2. The molecule has 6 nitrogen and oxygen atoms in total. The number of carbonyl (C=O) groups is 3. The molecule has 0 spiro atoms.